The van der Waals surface area contributed by atoms with Crippen molar-refractivity contribution < 1.29 is 4.39 Å². The van der Waals surface area contributed by atoms with Gasteiger partial charge in [-0.15, -0.1) is 0 Å². The Balaban J connectivity index is 2.03. The lowest BCUT2D eigenvalue weighted by molar-refractivity contribution is 0.496. The molecular weight excluding hydrogens is 249 g/mol. The Morgan fingerprint density at radius 2 is 1.85 bits per heavy atom. The van der Waals surface area contributed by atoms with Crippen LogP contribution >= 0.6 is 0 Å². The Morgan fingerprint density at radius 3 is 2.55 bits per heavy atom. The van der Waals surface area contributed by atoms with Crippen LogP contribution in [0.25, 0.3) is 0 Å². The fraction of sp³-hybridized carbons (Fsp3) is 0.333. The highest BCUT2D eigenvalue weighted by molar-refractivity contribution is 5.21. The molecular formula is C18H22FN. The molecule has 0 aliphatic heterocycles. The minimum absolute atomic E-state index is 0.162. The molecule has 0 fully saturated rings. The van der Waals surface area contributed by atoms with E-state index >= 15 is 0 Å². The molecule has 1 unspecified atom stereocenters. The quantitative estimate of drug-likeness (QED) is 0.782. The van der Waals surface area contributed by atoms with Gasteiger partial charge in [0.25, 0.3) is 0 Å². The molecule has 0 saturated heterocycles. The Morgan fingerprint density at radius 1 is 1.05 bits per heavy atom. The summed E-state index contributed by atoms with van der Waals surface area (Å²) in [6, 6.07) is 17.6. The Bertz CT molecular complexity index is 510. The van der Waals surface area contributed by atoms with Gasteiger partial charge in [-0.1, -0.05) is 49.4 Å². The van der Waals surface area contributed by atoms with Gasteiger partial charge in [-0.25, -0.2) is 4.39 Å². The van der Waals surface area contributed by atoms with E-state index in [0.717, 1.165) is 31.4 Å². The molecule has 0 aliphatic carbocycles. The highest BCUT2D eigenvalue weighted by atomic mass is 19.1. The molecule has 1 atom stereocenters. The average Bonchev–Trinajstić information content (AvgIpc) is 2.48. The topological polar surface area (TPSA) is 12.0 Å². The first-order chi connectivity index (χ1) is 9.79. The second kappa shape index (κ2) is 7.81. The minimum atomic E-state index is -0.162. The van der Waals surface area contributed by atoms with Gasteiger partial charge in [-0.2, -0.15) is 0 Å². The molecule has 0 aliphatic rings. The van der Waals surface area contributed by atoms with Crippen LogP contribution in [0.5, 0.6) is 0 Å². The molecule has 2 heteroatoms. The van der Waals surface area contributed by atoms with Crippen molar-refractivity contribution in [2.75, 3.05) is 6.54 Å². The molecule has 1 nitrogen and oxygen atoms in total. The van der Waals surface area contributed by atoms with E-state index in [0.29, 0.717) is 0 Å². The molecule has 106 valence electrons. The summed E-state index contributed by atoms with van der Waals surface area (Å²) in [4.78, 5) is 0. The minimum Gasteiger partial charge on any atom is -0.310 e. The molecule has 0 amide bonds. The van der Waals surface area contributed by atoms with E-state index in [1.165, 1.54) is 11.6 Å². The Hall–Kier alpha value is -1.67. The van der Waals surface area contributed by atoms with Crippen molar-refractivity contribution in [2.24, 2.45) is 0 Å². The fourth-order valence-electron chi connectivity index (χ4n) is 2.38. The van der Waals surface area contributed by atoms with Crippen LogP contribution in [-0.2, 0) is 6.42 Å². The van der Waals surface area contributed by atoms with Crippen LogP contribution in [0.3, 0.4) is 0 Å². The number of rotatable bonds is 7. The summed E-state index contributed by atoms with van der Waals surface area (Å²) in [5.74, 6) is -0.162. The lowest BCUT2D eigenvalue weighted by atomic mass is 9.98. The van der Waals surface area contributed by atoms with Crippen molar-refractivity contribution in [1.82, 2.24) is 5.32 Å². The third kappa shape index (κ3) is 4.46. The molecule has 0 radical (unpaired) electrons. The van der Waals surface area contributed by atoms with Gasteiger partial charge in [-0.05, 0) is 49.1 Å². The predicted molar refractivity (Wildman–Crippen MR) is 82.2 cm³/mol. The Labute approximate surface area is 120 Å². The van der Waals surface area contributed by atoms with Gasteiger partial charge in [0.15, 0.2) is 0 Å². The van der Waals surface area contributed by atoms with E-state index in [1.807, 2.05) is 12.1 Å². The number of benzene rings is 2. The third-order valence-corrected chi connectivity index (χ3v) is 3.46. The van der Waals surface area contributed by atoms with Crippen molar-refractivity contribution in [3.63, 3.8) is 0 Å². The second-order valence-electron chi connectivity index (χ2n) is 5.09. The average molecular weight is 271 g/mol. The maximum atomic E-state index is 13.4. The van der Waals surface area contributed by atoms with Gasteiger partial charge < -0.3 is 5.32 Å². The first kappa shape index (κ1) is 14.7. The largest absolute Gasteiger partial charge is 0.310 e. The summed E-state index contributed by atoms with van der Waals surface area (Å²) in [5, 5.41) is 3.52. The molecule has 2 aromatic carbocycles. The lowest BCUT2D eigenvalue weighted by Gasteiger charge is -2.19. The SMILES string of the molecule is CCCNC(CCc1ccccc1)c1cccc(F)c1. The summed E-state index contributed by atoms with van der Waals surface area (Å²) in [7, 11) is 0. The first-order valence-corrected chi connectivity index (χ1v) is 7.32. The van der Waals surface area contributed by atoms with Crippen LogP contribution in [0.1, 0.15) is 36.9 Å². The summed E-state index contributed by atoms with van der Waals surface area (Å²) in [6.07, 6.45) is 3.06. The van der Waals surface area contributed by atoms with E-state index in [1.54, 1.807) is 12.1 Å². The number of nitrogens with one attached hydrogen (secondary N) is 1. The molecule has 0 bridgehead atoms. The van der Waals surface area contributed by atoms with Crippen molar-refractivity contribution in [1.29, 1.82) is 0 Å². The summed E-state index contributed by atoms with van der Waals surface area (Å²) >= 11 is 0. The zero-order valence-electron chi connectivity index (χ0n) is 12.0. The van der Waals surface area contributed by atoms with Gasteiger partial charge >= 0.3 is 0 Å². The number of hydrogen-bond acceptors (Lipinski definition) is 1. The molecule has 0 aromatic heterocycles. The molecule has 0 saturated carbocycles. The van der Waals surface area contributed by atoms with Gasteiger partial charge in [0, 0.05) is 6.04 Å². The molecule has 1 N–H and O–H groups in total. The number of hydrogen-bond donors (Lipinski definition) is 1. The van der Waals surface area contributed by atoms with E-state index in [2.05, 4.69) is 36.5 Å². The summed E-state index contributed by atoms with van der Waals surface area (Å²) in [6.45, 7) is 3.10. The van der Waals surface area contributed by atoms with E-state index in [4.69, 9.17) is 0 Å². The van der Waals surface area contributed by atoms with E-state index < -0.39 is 0 Å². The van der Waals surface area contributed by atoms with Crippen LogP contribution in [-0.4, -0.2) is 6.54 Å². The van der Waals surface area contributed by atoms with Crippen molar-refractivity contribution >= 4 is 0 Å². The second-order valence-corrected chi connectivity index (χ2v) is 5.09. The monoisotopic (exact) mass is 271 g/mol. The molecule has 20 heavy (non-hydrogen) atoms. The Kier molecular flexibility index (Phi) is 5.75. The summed E-state index contributed by atoms with van der Waals surface area (Å²) in [5.41, 5.74) is 2.36. The lowest BCUT2D eigenvalue weighted by Crippen LogP contribution is -2.22. The van der Waals surface area contributed by atoms with Gasteiger partial charge in [0.2, 0.25) is 0 Å². The zero-order valence-corrected chi connectivity index (χ0v) is 12.0. The van der Waals surface area contributed by atoms with E-state index in [-0.39, 0.29) is 11.9 Å². The zero-order chi connectivity index (χ0) is 14.2. The first-order valence-electron chi connectivity index (χ1n) is 7.32. The van der Waals surface area contributed by atoms with Crippen LogP contribution in [0.2, 0.25) is 0 Å². The highest BCUT2D eigenvalue weighted by Gasteiger charge is 2.11. The van der Waals surface area contributed by atoms with Crippen molar-refractivity contribution in [3.8, 4) is 0 Å². The normalized spacial score (nSPS) is 12.3. The van der Waals surface area contributed by atoms with Crippen LogP contribution in [0, 0.1) is 5.82 Å². The van der Waals surface area contributed by atoms with Crippen molar-refractivity contribution in [2.45, 2.75) is 32.2 Å². The maximum absolute atomic E-state index is 13.4. The molecule has 2 aromatic rings. The van der Waals surface area contributed by atoms with Gasteiger partial charge in [0.05, 0.1) is 0 Å². The number of aryl methyl sites for hydroxylation is 1. The standard InChI is InChI=1S/C18H22FN/c1-2-13-20-18(16-9-6-10-17(19)14-16)12-11-15-7-4-3-5-8-15/h3-10,14,18,20H,2,11-13H2,1H3. The van der Waals surface area contributed by atoms with E-state index in [9.17, 15) is 4.39 Å². The van der Waals surface area contributed by atoms with Crippen LogP contribution in [0.15, 0.2) is 54.6 Å². The highest BCUT2D eigenvalue weighted by Crippen LogP contribution is 2.20. The molecule has 0 spiro atoms. The predicted octanol–water partition coefficient (Wildman–Crippen LogP) is 4.50. The van der Waals surface area contributed by atoms with Gasteiger partial charge in [-0.3, -0.25) is 0 Å². The molecule has 0 heterocycles. The third-order valence-electron chi connectivity index (χ3n) is 3.46. The van der Waals surface area contributed by atoms with Crippen LogP contribution in [0.4, 0.5) is 4.39 Å². The van der Waals surface area contributed by atoms with Gasteiger partial charge in [0.1, 0.15) is 5.82 Å². The van der Waals surface area contributed by atoms with Crippen LogP contribution < -0.4 is 5.32 Å². The maximum Gasteiger partial charge on any atom is 0.123 e. The smallest absolute Gasteiger partial charge is 0.123 e. The van der Waals surface area contributed by atoms with Crippen molar-refractivity contribution in [3.05, 3.63) is 71.5 Å². The summed E-state index contributed by atoms with van der Waals surface area (Å²) < 4.78 is 13.4. The molecule has 2 rings (SSSR count). The number of halogens is 1. The fourth-order valence-corrected chi connectivity index (χ4v) is 2.38.